The van der Waals surface area contributed by atoms with Gasteiger partial charge in [0.15, 0.2) is 0 Å². The van der Waals surface area contributed by atoms with E-state index in [2.05, 4.69) is 26.1 Å². The summed E-state index contributed by atoms with van der Waals surface area (Å²) in [6, 6.07) is 0. The summed E-state index contributed by atoms with van der Waals surface area (Å²) in [4.78, 5) is 0. The molecule has 2 nitrogen and oxygen atoms in total. The molecule has 0 aromatic rings. The van der Waals surface area contributed by atoms with Gasteiger partial charge in [0.1, 0.15) is 0 Å². The standard InChI is InChI=1S/C13H25NO/c1-10(2)12-5-4-11(3)8-13(12)9-14-6-7-15-13/h10-12,14H,4-9H2,1-3H3. The first-order valence-electron chi connectivity index (χ1n) is 6.49. The number of nitrogens with one attached hydrogen (secondary N) is 1. The quantitative estimate of drug-likeness (QED) is 0.719. The van der Waals surface area contributed by atoms with E-state index >= 15 is 0 Å². The van der Waals surface area contributed by atoms with Crippen molar-refractivity contribution >= 4 is 0 Å². The Hall–Kier alpha value is -0.0800. The third-order valence-corrected chi connectivity index (χ3v) is 4.24. The number of ether oxygens (including phenoxy) is 1. The fraction of sp³-hybridized carbons (Fsp3) is 1.00. The predicted octanol–water partition coefficient (Wildman–Crippen LogP) is 2.44. The first-order valence-corrected chi connectivity index (χ1v) is 6.49. The Bertz CT molecular complexity index is 209. The van der Waals surface area contributed by atoms with Crippen LogP contribution in [0.1, 0.15) is 40.0 Å². The van der Waals surface area contributed by atoms with E-state index < -0.39 is 0 Å². The van der Waals surface area contributed by atoms with E-state index in [1.54, 1.807) is 0 Å². The first-order chi connectivity index (χ1) is 7.14. The highest BCUT2D eigenvalue weighted by Crippen LogP contribution is 2.43. The fourth-order valence-corrected chi connectivity index (χ4v) is 3.56. The van der Waals surface area contributed by atoms with Crippen LogP contribution in [-0.2, 0) is 4.74 Å². The van der Waals surface area contributed by atoms with Gasteiger partial charge in [0.25, 0.3) is 0 Å². The van der Waals surface area contributed by atoms with Crippen LogP contribution in [-0.4, -0.2) is 25.3 Å². The molecule has 0 bridgehead atoms. The van der Waals surface area contributed by atoms with Crippen LogP contribution >= 0.6 is 0 Å². The molecule has 2 fully saturated rings. The van der Waals surface area contributed by atoms with Crippen LogP contribution in [0.4, 0.5) is 0 Å². The molecule has 1 spiro atoms. The van der Waals surface area contributed by atoms with Crippen LogP contribution in [0.3, 0.4) is 0 Å². The van der Waals surface area contributed by atoms with Gasteiger partial charge < -0.3 is 10.1 Å². The summed E-state index contributed by atoms with van der Waals surface area (Å²) in [6.45, 7) is 10.1. The van der Waals surface area contributed by atoms with Gasteiger partial charge in [-0.15, -0.1) is 0 Å². The van der Waals surface area contributed by atoms with Crippen LogP contribution in [0.2, 0.25) is 0 Å². The summed E-state index contributed by atoms with van der Waals surface area (Å²) in [7, 11) is 0. The van der Waals surface area contributed by atoms with E-state index in [9.17, 15) is 0 Å². The van der Waals surface area contributed by atoms with Crippen molar-refractivity contribution in [2.24, 2.45) is 17.8 Å². The average Bonchev–Trinajstić information content (AvgIpc) is 2.18. The van der Waals surface area contributed by atoms with Gasteiger partial charge in [-0.3, -0.25) is 0 Å². The van der Waals surface area contributed by atoms with Crippen LogP contribution in [0.5, 0.6) is 0 Å². The van der Waals surface area contributed by atoms with Crippen molar-refractivity contribution in [2.75, 3.05) is 19.7 Å². The number of morpholine rings is 1. The van der Waals surface area contributed by atoms with Crippen molar-refractivity contribution in [3.63, 3.8) is 0 Å². The third-order valence-electron chi connectivity index (χ3n) is 4.24. The minimum absolute atomic E-state index is 0.157. The molecule has 15 heavy (non-hydrogen) atoms. The molecule has 0 amide bonds. The van der Waals surface area contributed by atoms with Crippen LogP contribution in [0.25, 0.3) is 0 Å². The van der Waals surface area contributed by atoms with Crippen molar-refractivity contribution in [3.8, 4) is 0 Å². The van der Waals surface area contributed by atoms with E-state index in [4.69, 9.17) is 4.74 Å². The molecule has 3 atom stereocenters. The Kier molecular flexibility index (Phi) is 3.36. The van der Waals surface area contributed by atoms with Gasteiger partial charge in [0, 0.05) is 13.1 Å². The SMILES string of the molecule is CC1CCC(C(C)C)C2(CNCCO2)C1. The monoisotopic (exact) mass is 211 g/mol. The van der Waals surface area contributed by atoms with Crippen LogP contribution < -0.4 is 5.32 Å². The molecule has 1 heterocycles. The minimum Gasteiger partial charge on any atom is -0.372 e. The zero-order valence-corrected chi connectivity index (χ0v) is 10.4. The minimum atomic E-state index is 0.157. The van der Waals surface area contributed by atoms with Gasteiger partial charge in [0.2, 0.25) is 0 Å². The lowest BCUT2D eigenvalue weighted by Crippen LogP contribution is -2.58. The zero-order valence-electron chi connectivity index (χ0n) is 10.4. The summed E-state index contributed by atoms with van der Waals surface area (Å²) in [5, 5.41) is 3.53. The van der Waals surface area contributed by atoms with Crippen LogP contribution in [0.15, 0.2) is 0 Å². The van der Waals surface area contributed by atoms with Crippen molar-refractivity contribution in [1.82, 2.24) is 5.32 Å². The van der Waals surface area contributed by atoms with Gasteiger partial charge in [-0.1, -0.05) is 27.2 Å². The summed E-state index contributed by atoms with van der Waals surface area (Å²) >= 11 is 0. The molecule has 1 N–H and O–H groups in total. The van der Waals surface area contributed by atoms with E-state index in [1.807, 2.05) is 0 Å². The lowest BCUT2D eigenvalue weighted by Gasteiger charge is -2.50. The maximum atomic E-state index is 6.19. The van der Waals surface area contributed by atoms with Gasteiger partial charge in [-0.2, -0.15) is 0 Å². The summed E-state index contributed by atoms with van der Waals surface area (Å²) in [5.74, 6) is 2.33. The topological polar surface area (TPSA) is 21.3 Å². The number of hydrogen-bond acceptors (Lipinski definition) is 2. The largest absolute Gasteiger partial charge is 0.372 e. The summed E-state index contributed by atoms with van der Waals surface area (Å²) in [6.07, 6.45) is 3.98. The molecule has 2 rings (SSSR count). The number of rotatable bonds is 1. The van der Waals surface area contributed by atoms with Crippen molar-refractivity contribution < 1.29 is 4.74 Å². The molecule has 0 aromatic carbocycles. The number of hydrogen-bond donors (Lipinski definition) is 1. The van der Waals surface area contributed by atoms with E-state index in [0.717, 1.165) is 37.5 Å². The highest BCUT2D eigenvalue weighted by Gasteiger charge is 2.45. The molecular formula is C13H25NO. The fourth-order valence-electron chi connectivity index (χ4n) is 3.56. The van der Waals surface area contributed by atoms with Gasteiger partial charge in [0.05, 0.1) is 12.2 Å². The zero-order chi connectivity index (χ0) is 10.9. The average molecular weight is 211 g/mol. The molecule has 88 valence electrons. The van der Waals surface area contributed by atoms with E-state index in [-0.39, 0.29) is 5.60 Å². The molecule has 3 unspecified atom stereocenters. The Labute approximate surface area is 93.8 Å². The lowest BCUT2D eigenvalue weighted by atomic mass is 9.66. The van der Waals surface area contributed by atoms with Gasteiger partial charge in [-0.25, -0.2) is 0 Å². The van der Waals surface area contributed by atoms with E-state index in [0.29, 0.717) is 0 Å². The Morgan fingerprint density at radius 2 is 2.13 bits per heavy atom. The second kappa shape index (κ2) is 4.42. The second-order valence-electron chi connectivity index (χ2n) is 5.83. The first kappa shape index (κ1) is 11.4. The molecule has 1 saturated heterocycles. The Balaban J connectivity index is 2.14. The third kappa shape index (κ3) is 2.21. The molecule has 1 aliphatic carbocycles. The van der Waals surface area contributed by atoms with Gasteiger partial charge >= 0.3 is 0 Å². The molecular weight excluding hydrogens is 186 g/mol. The van der Waals surface area contributed by atoms with Crippen LogP contribution in [0, 0.1) is 17.8 Å². The van der Waals surface area contributed by atoms with Crippen molar-refractivity contribution in [3.05, 3.63) is 0 Å². The summed E-state index contributed by atoms with van der Waals surface area (Å²) in [5.41, 5.74) is 0.157. The molecule has 2 aliphatic rings. The predicted molar refractivity (Wildman–Crippen MR) is 62.9 cm³/mol. The smallest absolute Gasteiger partial charge is 0.0839 e. The molecule has 2 heteroatoms. The second-order valence-corrected chi connectivity index (χ2v) is 5.83. The highest BCUT2D eigenvalue weighted by atomic mass is 16.5. The maximum Gasteiger partial charge on any atom is 0.0839 e. The normalized spacial score (nSPS) is 42.4. The van der Waals surface area contributed by atoms with E-state index in [1.165, 1.54) is 19.3 Å². The Morgan fingerprint density at radius 1 is 1.33 bits per heavy atom. The molecule has 1 aliphatic heterocycles. The maximum absolute atomic E-state index is 6.19. The van der Waals surface area contributed by atoms with Gasteiger partial charge in [-0.05, 0) is 30.6 Å². The molecule has 0 radical (unpaired) electrons. The Morgan fingerprint density at radius 3 is 2.73 bits per heavy atom. The molecule has 0 aromatic heterocycles. The lowest BCUT2D eigenvalue weighted by molar-refractivity contribution is -0.144. The molecule has 1 saturated carbocycles. The summed E-state index contributed by atoms with van der Waals surface area (Å²) < 4.78 is 6.19. The highest BCUT2D eigenvalue weighted by molar-refractivity contribution is 4.98. The van der Waals surface area contributed by atoms with Crippen molar-refractivity contribution in [1.29, 1.82) is 0 Å². The van der Waals surface area contributed by atoms with Crippen molar-refractivity contribution in [2.45, 2.75) is 45.6 Å².